The molecule has 0 aromatic heterocycles. The molecule has 2 nitrogen and oxygen atoms in total. The first-order valence-corrected chi connectivity index (χ1v) is 6.17. The lowest BCUT2D eigenvalue weighted by molar-refractivity contribution is 0.0365. The van der Waals surface area contributed by atoms with Crippen LogP contribution in [0.15, 0.2) is 0 Å². The predicted octanol–water partition coefficient (Wildman–Crippen LogP) is 1.96. The van der Waals surface area contributed by atoms with Gasteiger partial charge >= 0.3 is 0 Å². The molecule has 0 unspecified atom stereocenters. The van der Waals surface area contributed by atoms with Crippen LogP contribution in [0.1, 0.15) is 40.0 Å². The van der Waals surface area contributed by atoms with Gasteiger partial charge < -0.3 is 4.90 Å². The van der Waals surface area contributed by atoms with Crippen LogP contribution >= 0.6 is 0 Å². The first-order valence-electron chi connectivity index (χ1n) is 6.17. The SMILES string of the molecule is CCCN1CCN(C(C)C)C2(CC2)C1. The molecule has 0 amide bonds. The van der Waals surface area contributed by atoms with Gasteiger partial charge in [0.25, 0.3) is 0 Å². The van der Waals surface area contributed by atoms with E-state index in [1.807, 2.05) is 0 Å². The van der Waals surface area contributed by atoms with Gasteiger partial charge in [-0.15, -0.1) is 0 Å². The summed E-state index contributed by atoms with van der Waals surface area (Å²) in [5.41, 5.74) is 0.599. The molecule has 0 radical (unpaired) electrons. The number of hydrogen-bond acceptors (Lipinski definition) is 2. The molecule has 2 fully saturated rings. The molecule has 0 aromatic rings. The summed E-state index contributed by atoms with van der Waals surface area (Å²) in [5.74, 6) is 0. The predicted molar refractivity (Wildman–Crippen MR) is 60.5 cm³/mol. The molecule has 2 heteroatoms. The fourth-order valence-corrected chi connectivity index (χ4v) is 2.98. The Bertz CT molecular complexity index is 196. The largest absolute Gasteiger partial charge is 0.300 e. The molecule has 1 heterocycles. The molecule has 0 bridgehead atoms. The van der Waals surface area contributed by atoms with Crippen LogP contribution in [0.5, 0.6) is 0 Å². The first kappa shape index (κ1) is 10.4. The van der Waals surface area contributed by atoms with E-state index in [1.165, 1.54) is 45.4 Å². The van der Waals surface area contributed by atoms with Crippen LogP contribution < -0.4 is 0 Å². The third-order valence-corrected chi connectivity index (χ3v) is 3.77. The summed E-state index contributed by atoms with van der Waals surface area (Å²) in [4.78, 5) is 5.39. The van der Waals surface area contributed by atoms with Gasteiger partial charge in [0.1, 0.15) is 0 Å². The van der Waals surface area contributed by atoms with Crippen LogP contribution in [0.4, 0.5) is 0 Å². The van der Waals surface area contributed by atoms with Crippen molar-refractivity contribution >= 4 is 0 Å². The van der Waals surface area contributed by atoms with Gasteiger partial charge in [-0.25, -0.2) is 0 Å². The highest BCUT2D eigenvalue weighted by molar-refractivity contribution is 5.09. The van der Waals surface area contributed by atoms with E-state index in [2.05, 4.69) is 30.6 Å². The lowest BCUT2D eigenvalue weighted by Crippen LogP contribution is -2.57. The van der Waals surface area contributed by atoms with Crippen LogP contribution in [0.25, 0.3) is 0 Å². The molecule has 14 heavy (non-hydrogen) atoms. The minimum atomic E-state index is 0.599. The molecule has 82 valence electrons. The van der Waals surface area contributed by atoms with Gasteiger partial charge in [0.05, 0.1) is 0 Å². The van der Waals surface area contributed by atoms with Gasteiger partial charge in [0.2, 0.25) is 0 Å². The normalized spacial score (nSPS) is 27.4. The Morgan fingerprint density at radius 1 is 1.21 bits per heavy atom. The summed E-state index contributed by atoms with van der Waals surface area (Å²) < 4.78 is 0. The summed E-state index contributed by atoms with van der Waals surface area (Å²) in [5, 5.41) is 0. The van der Waals surface area contributed by atoms with E-state index >= 15 is 0 Å². The molecular formula is C12H24N2. The van der Waals surface area contributed by atoms with Crippen molar-refractivity contribution < 1.29 is 0 Å². The number of nitrogens with zero attached hydrogens (tertiary/aromatic N) is 2. The lowest BCUT2D eigenvalue weighted by atomic mass is 10.1. The van der Waals surface area contributed by atoms with Crippen LogP contribution in [-0.4, -0.2) is 47.6 Å². The van der Waals surface area contributed by atoms with Crippen molar-refractivity contribution in [2.45, 2.75) is 51.6 Å². The second-order valence-electron chi connectivity index (χ2n) is 5.29. The fourth-order valence-electron chi connectivity index (χ4n) is 2.98. The van der Waals surface area contributed by atoms with Crippen LogP contribution in [0.2, 0.25) is 0 Å². The quantitative estimate of drug-likeness (QED) is 0.681. The van der Waals surface area contributed by atoms with E-state index < -0.39 is 0 Å². The van der Waals surface area contributed by atoms with Crippen molar-refractivity contribution in [1.82, 2.24) is 9.80 Å². The van der Waals surface area contributed by atoms with E-state index in [1.54, 1.807) is 0 Å². The highest BCUT2D eigenvalue weighted by Crippen LogP contribution is 2.45. The minimum absolute atomic E-state index is 0.599. The Hall–Kier alpha value is -0.0800. The van der Waals surface area contributed by atoms with Crippen LogP contribution in [0, 0.1) is 0 Å². The Kier molecular flexibility index (Phi) is 2.85. The van der Waals surface area contributed by atoms with Gasteiger partial charge in [-0.3, -0.25) is 4.90 Å². The molecular weight excluding hydrogens is 172 g/mol. The first-order chi connectivity index (χ1) is 6.68. The van der Waals surface area contributed by atoms with Crippen molar-refractivity contribution in [1.29, 1.82) is 0 Å². The molecule has 1 spiro atoms. The van der Waals surface area contributed by atoms with Gasteiger partial charge in [0.15, 0.2) is 0 Å². The van der Waals surface area contributed by atoms with Crippen molar-refractivity contribution in [2.75, 3.05) is 26.2 Å². The van der Waals surface area contributed by atoms with Gasteiger partial charge in [0, 0.05) is 31.2 Å². The Morgan fingerprint density at radius 3 is 2.43 bits per heavy atom. The van der Waals surface area contributed by atoms with Crippen LogP contribution in [-0.2, 0) is 0 Å². The maximum absolute atomic E-state index is 2.74. The second-order valence-corrected chi connectivity index (χ2v) is 5.29. The fraction of sp³-hybridized carbons (Fsp3) is 1.00. The summed E-state index contributed by atoms with van der Waals surface area (Å²) >= 11 is 0. The summed E-state index contributed by atoms with van der Waals surface area (Å²) in [6.45, 7) is 12.2. The number of hydrogen-bond donors (Lipinski definition) is 0. The molecule has 2 rings (SSSR count). The maximum atomic E-state index is 2.74. The Labute approximate surface area is 88.3 Å². The van der Waals surface area contributed by atoms with Gasteiger partial charge in [-0.2, -0.15) is 0 Å². The topological polar surface area (TPSA) is 6.48 Å². The molecule has 0 N–H and O–H groups in total. The smallest absolute Gasteiger partial charge is 0.0341 e. The summed E-state index contributed by atoms with van der Waals surface area (Å²) in [6.07, 6.45) is 4.18. The number of piperazine rings is 1. The third kappa shape index (κ3) is 1.82. The lowest BCUT2D eigenvalue weighted by Gasteiger charge is -2.44. The average molecular weight is 196 g/mol. The average Bonchev–Trinajstić information content (AvgIpc) is 2.85. The van der Waals surface area contributed by atoms with E-state index in [9.17, 15) is 0 Å². The number of rotatable bonds is 3. The highest BCUT2D eigenvalue weighted by Gasteiger charge is 2.51. The standard InChI is InChI=1S/C12H24N2/c1-4-7-13-8-9-14(11(2)3)12(10-13)5-6-12/h11H,4-10H2,1-3H3. The highest BCUT2D eigenvalue weighted by atomic mass is 15.3. The minimum Gasteiger partial charge on any atom is -0.300 e. The molecule has 1 saturated heterocycles. The molecule has 0 atom stereocenters. The molecule has 2 aliphatic rings. The van der Waals surface area contributed by atoms with Gasteiger partial charge in [-0.1, -0.05) is 6.92 Å². The monoisotopic (exact) mass is 196 g/mol. The third-order valence-electron chi connectivity index (χ3n) is 3.77. The zero-order valence-corrected chi connectivity index (χ0v) is 9.92. The van der Waals surface area contributed by atoms with E-state index in [4.69, 9.17) is 0 Å². The van der Waals surface area contributed by atoms with Crippen molar-refractivity contribution in [3.05, 3.63) is 0 Å². The Balaban J connectivity index is 1.95. The van der Waals surface area contributed by atoms with Crippen molar-refractivity contribution in [3.63, 3.8) is 0 Å². The van der Waals surface area contributed by atoms with E-state index in [0.717, 1.165) is 6.04 Å². The zero-order valence-electron chi connectivity index (χ0n) is 9.92. The summed E-state index contributed by atoms with van der Waals surface area (Å²) in [7, 11) is 0. The second kappa shape index (κ2) is 3.82. The van der Waals surface area contributed by atoms with Gasteiger partial charge in [-0.05, 0) is 39.7 Å². The maximum Gasteiger partial charge on any atom is 0.0341 e. The van der Waals surface area contributed by atoms with Crippen molar-refractivity contribution in [2.24, 2.45) is 0 Å². The van der Waals surface area contributed by atoms with E-state index in [0.29, 0.717) is 5.54 Å². The molecule has 1 aliphatic heterocycles. The molecule has 1 saturated carbocycles. The van der Waals surface area contributed by atoms with E-state index in [-0.39, 0.29) is 0 Å². The van der Waals surface area contributed by atoms with Crippen molar-refractivity contribution in [3.8, 4) is 0 Å². The Morgan fingerprint density at radius 2 is 1.93 bits per heavy atom. The van der Waals surface area contributed by atoms with Crippen LogP contribution in [0.3, 0.4) is 0 Å². The zero-order chi connectivity index (χ0) is 10.2. The molecule has 1 aliphatic carbocycles. The summed E-state index contributed by atoms with van der Waals surface area (Å²) in [6, 6.07) is 0.737. The molecule has 0 aromatic carbocycles.